The molecule has 1 aromatic heterocycles. The first-order valence-corrected chi connectivity index (χ1v) is 6.97. The van der Waals surface area contributed by atoms with Gasteiger partial charge in [0.2, 0.25) is 0 Å². The molecule has 0 spiro atoms. The molecule has 2 aromatic rings. The molecule has 2 rings (SSSR count). The summed E-state index contributed by atoms with van der Waals surface area (Å²) >= 11 is 5.26. The molecule has 1 heterocycles. The number of para-hydroxylation sites is 1. The van der Waals surface area contributed by atoms with E-state index < -0.39 is 0 Å². The second-order valence-corrected chi connectivity index (χ2v) is 6.15. The van der Waals surface area contributed by atoms with Crippen molar-refractivity contribution in [2.45, 2.75) is 32.7 Å². The number of H-pyrrole nitrogens is 1. The summed E-state index contributed by atoms with van der Waals surface area (Å²) in [5.41, 5.74) is 2.51. The minimum absolute atomic E-state index is 0.00483. The molecule has 3 N–H and O–H groups in total. The van der Waals surface area contributed by atoms with Crippen molar-refractivity contribution in [1.29, 1.82) is 0 Å². The van der Waals surface area contributed by atoms with Crippen LogP contribution < -0.4 is 10.6 Å². The van der Waals surface area contributed by atoms with E-state index in [0.717, 1.165) is 13.0 Å². The van der Waals surface area contributed by atoms with E-state index in [1.807, 2.05) is 6.07 Å². The predicted octanol–water partition coefficient (Wildman–Crippen LogP) is 2.97. The first kappa shape index (κ1) is 13.9. The smallest absolute Gasteiger partial charge is 0.166 e. The van der Waals surface area contributed by atoms with Crippen molar-refractivity contribution in [2.75, 3.05) is 6.54 Å². The van der Waals surface area contributed by atoms with Gasteiger partial charge in [-0.3, -0.25) is 0 Å². The van der Waals surface area contributed by atoms with Crippen molar-refractivity contribution >= 4 is 28.2 Å². The molecule has 0 aliphatic rings. The van der Waals surface area contributed by atoms with Crippen molar-refractivity contribution in [2.24, 2.45) is 0 Å². The van der Waals surface area contributed by atoms with Crippen LogP contribution in [0.3, 0.4) is 0 Å². The van der Waals surface area contributed by atoms with Gasteiger partial charge in [-0.2, -0.15) is 0 Å². The van der Waals surface area contributed by atoms with Crippen LogP contribution >= 0.6 is 12.2 Å². The predicted molar refractivity (Wildman–Crippen MR) is 85.5 cm³/mol. The number of aromatic nitrogens is 1. The fourth-order valence-corrected chi connectivity index (χ4v) is 2.44. The fraction of sp³-hybridized carbons (Fsp3) is 0.400. The van der Waals surface area contributed by atoms with E-state index >= 15 is 0 Å². The lowest BCUT2D eigenvalue weighted by Crippen LogP contribution is -2.46. The highest BCUT2D eigenvalue weighted by molar-refractivity contribution is 7.80. The van der Waals surface area contributed by atoms with Gasteiger partial charge in [0.25, 0.3) is 0 Å². The van der Waals surface area contributed by atoms with Gasteiger partial charge in [0.1, 0.15) is 0 Å². The molecular weight excluding hydrogens is 254 g/mol. The minimum atomic E-state index is 0.00483. The first-order chi connectivity index (χ1) is 8.96. The van der Waals surface area contributed by atoms with Gasteiger partial charge in [-0.15, -0.1) is 0 Å². The second-order valence-electron chi connectivity index (χ2n) is 5.74. The largest absolute Gasteiger partial charge is 0.362 e. The summed E-state index contributed by atoms with van der Waals surface area (Å²) in [5.74, 6) is 0. The molecule has 0 radical (unpaired) electrons. The van der Waals surface area contributed by atoms with Gasteiger partial charge in [-0.1, -0.05) is 18.2 Å². The molecule has 0 amide bonds. The number of benzene rings is 1. The number of hydrogen-bond acceptors (Lipinski definition) is 1. The number of aromatic amines is 1. The zero-order valence-electron chi connectivity index (χ0n) is 11.7. The summed E-state index contributed by atoms with van der Waals surface area (Å²) in [5, 5.41) is 8.50. The molecule has 102 valence electrons. The van der Waals surface area contributed by atoms with Crippen LogP contribution in [-0.4, -0.2) is 22.2 Å². The SMILES string of the molecule is CC(C)(C)NC(=S)NCCc1c[nH]c2ccccc12. The van der Waals surface area contributed by atoms with Crippen LogP contribution in [0.2, 0.25) is 0 Å². The summed E-state index contributed by atoms with van der Waals surface area (Å²) in [4.78, 5) is 3.29. The van der Waals surface area contributed by atoms with Crippen LogP contribution in [0.1, 0.15) is 26.3 Å². The molecule has 3 nitrogen and oxygen atoms in total. The Morgan fingerprint density at radius 1 is 1.26 bits per heavy atom. The lowest BCUT2D eigenvalue weighted by molar-refractivity contribution is 0.507. The van der Waals surface area contributed by atoms with E-state index in [-0.39, 0.29) is 5.54 Å². The Balaban J connectivity index is 1.88. The Bertz CT molecular complexity index is 566. The fourth-order valence-electron chi connectivity index (χ4n) is 2.03. The van der Waals surface area contributed by atoms with Crippen LogP contribution in [0.5, 0.6) is 0 Å². The van der Waals surface area contributed by atoms with Crippen molar-refractivity contribution < 1.29 is 0 Å². The second kappa shape index (κ2) is 5.61. The first-order valence-electron chi connectivity index (χ1n) is 6.57. The van der Waals surface area contributed by atoms with Crippen LogP contribution in [0.15, 0.2) is 30.5 Å². The van der Waals surface area contributed by atoms with Gasteiger partial charge >= 0.3 is 0 Å². The number of fused-ring (bicyclic) bond motifs is 1. The molecule has 1 aromatic carbocycles. The monoisotopic (exact) mass is 275 g/mol. The standard InChI is InChI=1S/C15H21N3S/c1-15(2,3)18-14(19)16-9-8-11-10-17-13-7-5-4-6-12(11)13/h4-7,10,17H,8-9H2,1-3H3,(H2,16,18,19). The molecule has 0 unspecified atom stereocenters. The van der Waals surface area contributed by atoms with Gasteiger partial charge in [0.15, 0.2) is 5.11 Å². The maximum Gasteiger partial charge on any atom is 0.166 e. The van der Waals surface area contributed by atoms with Gasteiger partial charge in [-0.05, 0) is 51.0 Å². The Labute approximate surface area is 119 Å². The third-order valence-electron chi connectivity index (χ3n) is 2.84. The minimum Gasteiger partial charge on any atom is -0.362 e. The average molecular weight is 275 g/mol. The summed E-state index contributed by atoms with van der Waals surface area (Å²) in [6.45, 7) is 7.13. The van der Waals surface area contributed by atoms with E-state index in [2.05, 4.69) is 60.8 Å². The van der Waals surface area contributed by atoms with Crippen molar-refractivity contribution in [3.63, 3.8) is 0 Å². The highest BCUT2D eigenvalue weighted by Crippen LogP contribution is 2.17. The number of thiocarbonyl (C=S) groups is 1. The van der Waals surface area contributed by atoms with E-state index in [4.69, 9.17) is 12.2 Å². The zero-order chi connectivity index (χ0) is 13.9. The van der Waals surface area contributed by atoms with E-state index in [0.29, 0.717) is 5.11 Å². The third-order valence-corrected chi connectivity index (χ3v) is 3.09. The van der Waals surface area contributed by atoms with Crippen LogP contribution in [0.4, 0.5) is 0 Å². The third kappa shape index (κ3) is 3.96. The number of nitrogens with one attached hydrogen (secondary N) is 3. The highest BCUT2D eigenvalue weighted by Gasteiger charge is 2.10. The van der Waals surface area contributed by atoms with Crippen LogP contribution in [0, 0.1) is 0 Å². The van der Waals surface area contributed by atoms with Gasteiger partial charge in [0, 0.05) is 29.2 Å². The van der Waals surface area contributed by atoms with Crippen molar-refractivity contribution in [1.82, 2.24) is 15.6 Å². The summed E-state index contributed by atoms with van der Waals surface area (Å²) in [7, 11) is 0. The molecule has 0 saturated heterocycles. The van der Waals surface area contributed by atoms with Gasteiger partial charge in [0.05, 0.1) is 0 Å². The lowest BCUT2D eigenvalue weighted by Gasteiger charge is -2.23. The maximum atomic E-state index is 5.26. The Kier molecular flexibility index (Phi) is 4.10. The molecule has 0 fully saturated rings. The molecule has 0 aliphatic heterocycles. The molecule has 0 bridgehead atoms. The molecule has 19 heavy (non-hydrogen) atoms. The molecule has 4 heteroatoms. The summed E-state index contributed by atoms with van der Waals surface area (Å²) < 4.78 is 0. The quantitative estimate of drug-likeness (QED) is 0.754. The number of rotatable bonds is 3. The lowest BCUT2D eigenvalue weighted by atomic mass is 10.1. The Morgan fingerprint density at radius 3 is 2.74 bits per heavy atom. The Morgan fingerprint density at radius 2 is 2.00 bits per heavy atom. The van der Waals surface area contributed by atoms with Gasteiger partial charge < -0.3 is 15.6 Å². The molecule has 0 saturated carbocycles. The number of hydrogen-bond donors (Lipinski definition) is 3. The maximum absolute atomic E-state index is 5.26. The van der Waals surface area contributed by atoms with Crippen molar-refractivity contribution in [3.8, 4) is 0 Å². The van der Waals surface area contributed by atoms with E-state index in [1.54, 1.807) is 0 Å². The van der Waals surface area contributed by atoms with Gasteiger partial charge in [-0.25, -0.2) is 0 Å². The van der Waals surface area contributed by atoms with Crippen LogP contribution in [0.25, 0.3) is 10.9 Å². The Hall–Kier alpha value is -1.55. The van der Waals surface area contributed by atoms with E-state index in [9.17, 15) is 0 Å². The zero-order valence-corrected chi connectivity index (χ0v) is 12.5. The van der Waals surface area contributed by atoms with E-state index in [1.165, 1.54) is 16.5 Å². The summed E-state index contributed by atoms with van der Waals surface area (Å²) in [6, 6.07) is 8.35. The molecule has 0 aliphatic carbocycles. The van der Waals surface area contributed by atoms with Crippen molar-refractivity contribution in [3.05, 3.63) is 36.0 Å². The topological polar surface area (TPSA) is 39.8 Å². The average Bonchev–Trinajstić information content (AvgIpc) is 2.70. The molecular formula is C15H21N3S. The highest BCUT2D eigenvalue weighted by atomic mass is 32.1. The molecule has 0 atom stereocenters. The van der Waals surface area contributed by atoms with Crippen LogP contribution in [-0.2, 0) is 6.42 Å². The normalized spacial score (nSPS) is 11.5. The summed E-state index contributed by atoms with van der Waals surface area (Å²) in [6.07, 6.45) is 3.03.